The summed E-state index contributed by atoms with van der Waals surface area (Å²) in [6.45, 7) is 6.41. The van der Waals surface area contributed by atoms with Gasteiger partial charge in [-0.15, -0.1) is 0 Å². The molecule has 0 atom stereocenters. The second-order valence-electron chi connectivity index (χ2n) is 6.21. The maximum Gasteiger partial charge on any atom is 0.162 e. The Labute approximate surface area is 142 Å². The van der Waals surface area contributed by atoms with Crippen LogP contribution in [-0.2, 0) is 6.42 Å². The summed E-state index contributed by atoms with van der Waals surface area (Å²) < 4.78 is 1.85. The third-order valence-electron chi connectivity index (χ3n) is 4.21. The molecule has 0 saturated heterocycles. The molecule has 0 unspecified atom stereocenters. The molecule has 0 fully saturated rings. The van der Waals surface area contributed by atoms with Gasteiger partial charge >= 0.3 is 0 Å². The molecule has 0 bridgehead atoms. The number of rotatable bonds is 5. The zero-order chi connectivity index (χ0) is 17.3. The highest BCUT2D eigenvalue weighted by atomic mass is 15.3. The van der Waals surface area contributed by atoms with Gasteiger partial charge in [0.05, 0.1) is 6.20 Å². The predicted molar refractivity (Wildman–Crippen MR) is 100 cm³/mol. The van der Waals surface area contributed by atoms with Gasteiger partial charge in [-0.2, -0.15) is 9.61 Å². The molecule has 2 aromatic heterocycles. The van der Waals surface area contributed by atoms with Crippen LogP contribution in [0.2, 0.25) is 0 Å². The van der Waals surface area contributed by atoms with Crippen LogP contribution in [0.5, 0.6) is 0 Å². The number of aromatic nitrogens is 3. The summed E-state index contributed by atoms with van der Waals surface area (Å²) in [5.41, 5.74) is 9.54. The molecule has 6 nitrogen and oxygen atoms in total. The van der Waals surface area contributed by atoms with E-state index in [0.717, 1.165) is 40.6 Å². The Kier molecular flexibility index (Phi) is 4.29. The Morgan fingerprint density at radius 1 is 1.29 bits per heavy atom. The first-order valence-corrected chi connectivity index (χ1v) is 8.22. The Balaban J connectivity index is 2.12. The summed E-state index contributed by atoms with van der Waals surface area (Å²) in [5.74, 6) is 1.78. The number of hydrogen-bond acceptors (Lipinski definition) is 5. The normalized spacial score (nSPS) is 11.2. The topological polar surface area (TPSA) is 71.5 Å². The lowest BCUT2D eigenvalue weighted by molar-refractivity contribution is 0.742. The molecule has 3 aromatic rings. The maximum absolute atomic E-state index is 5.89. The lowest BCUT2D eigenvalue weighted by Gasteiger charge is -2.23. The van der Waals surface area contributed by atoms with Gasteiger partial charge in [-0.05, 0) is 38.5 Å². The zero-order valence-electron chi connectivity index (χ0n) is 14.6. The number of nitrogen functional groups attached to an aromatic ring is 1. The van der Waals surface area contributed by atoms with Gasteiger partial charge in [-0.25, -0.2) is 4.98 Å². The van der Waals surface area contributed by atoms with Gasteiger partial charge in [0.25, 0.3) is 0 Å². The minimum Gasteiger partial charge on any atom is -0.399 e. The molecular formula is C18H24N6. The summed E-state index contributed by atoms with van der Waals surface area (Å²) in [6, 6.07) is 10.1. The number of nitrogens with two attached hydrogens (primary N) is 1. The van der Waals surface area contributed by atoms with E-state index in [1.807, 2.05) is 41.0 Å². The van der Waals surface area contributed by atoms with E-state index in [4.69, 9.17) is 10.7 Å². The van der Waals surface area contributed by atoms with E-state index >= 15 is 0 Å². The van der Waals surface area contributed by atoms with Crippen molar-refractivity contribution in [2.24, 2.45) is 0 Å². The van der Waals surface area contributed by atoms with Crippen molar-refractivity contribution >= 4 is 28.7 Å². The number of aryl methyl sites for hydroxylation is 1. The van der Waals surface area contributed by atoms with Crippen molar-refractivity contribution in [3.8, 4) is 0 Å². The number of fused-ring (bicyclic) bond motifs is 1. The summed E-state index contributed by atoms with van der Waals surface area (Å²) in [4.78, 5) is 6.96. The molecule has 0 saturated carbocycles. The molecule has 0 aliphatic rings. The van der Waals surface area contributed by atoms with Crippen molar-refractivity contribution in [1.82, 2.24) is 14.6 Å². The monoisotopic (exact) mass is 324 g/mol. The minimum atomic E-state index is 0.355. The minimum absolute atomic E-state index is 0.355. The fourth-order valence-corrected chi connectivity index (χ4v) is 2.54. The van der Waals surface area contributed by atoms with E-state index in [-0.39, 0.29) is 0 Å². The van der Waals surface area contributed by atoms with E-state index < -0.39 is 0 Å². The third kappa shape index (κ3) is 2.99. The Hall–Kier alpha value is -2.76. The van der Waals surface area contributed by atoms with E-state index in [9.17, 15) is 0 Å². The van der Waals surface area contributed by atoms with E-state index in [1.54, 1.807) is 0 Å². The SMILES string of the molecule is CCc1cnn2c(Nc3cccc(N)c3)cc(N(C)C(C)C)nc12. The molecule has 6 heteroatoms. The molecule has 0 amide bonds. The van der Waals surface area contributed by atoms with Crippen molar-refractivity contribution in [2.45, 2.75) is 33.2 Å². The van der Waals surface area contributed by atoms with Crippen molar-refractivity contribution in [1.29, 1.82) is 0 Å². The molecule has 1 aromatic carbocycles. The molecule has 126 valence electrons. The van der Waals surface area contributed by atoms with Gasteiger partial charge in [0.1, 0.15) is 11.6 Å². The van der Waals surface area contributed by atoms with Gasteiger partial charge in [-0.3, -0.25) is 0 Å². The summed E-state index contributed by atoms with van der Waals surface area (Å²) in [6.07, 6.45) is 2.77. The van der Waals surface area contributed by atoms with Crippen molar-refractivity contribution < 1.29 is 0 Å². The zero-order valence-corrected chi connectivity index (χ0v) is 14.6. The number of hydrogen-bond donors (Lipinski definition) is 2. The number of anilines is 4. The van der Waals surface area contributed by atoms with Crippen molar-refractivity contribution in [3.63, 3.8) is 0 Å². The average Bonchev–Trinajstić information content (AvgIpc) is 2.97. The highest BCUT2D eigenvalue weighted by Crippen LogP contribution is 2.25. The number of nitrogens with one attached hydrogen (secondary N) is 1. The fraction of sp³-hybridized carbons (Fsp3) is 0.333. The Bertz CT molecular complexity index is 852. The van der Waals surface area contributed by atoms with E-state index in [2.05, 4.69) is 43.1 Å². The molecular weight excluding hydrogens is 300 g/mol. The first-order chi connectivity index (χ1) is 11.5. The van der Waals surface area contributed by atoms with Crippen molar-refractivity contribution in [3.05, 3.63) is 42.1 Å². The molecule has 0 aliphatic heterocycles. The van der Waals surface area contributed by atoms with Crippen LogP contribution < -0.4 is 16.0 Å². The molecule has 0 radical (unpaired) electrons. The van der Waals surface area contributed by atoms with Crippen LogP contribution in [0.4, 0.5) is 23.0 Å². The maximum atomic E-state index is 5.89. The first kappa shape index (κ1) is 16.1. The largest absolute Gasteiger partial charge is 0.399 e. The molecule has 0 spiro atoms. The average molecular weight is 324 g/mol. The van der Waals surface area contributed by atoms with Crippen LogP contribution in [0.15, 0.2) is 36.5 Å². The van der Waals surface area contributed by atoms with Gasteiger partial charge in [0, 0.05) is 36.1 Å². The highest BCUT2D eigenvalue weighted by Gasteiger charge is 2.14. The number of benzene rings is 1. The summed E-state index contributed by atoms with van der Waals surface area (Å²) in [5, 5.41) is 7.91. The van der Waals surface area contributed by atoms with E-state index in [0.29, 0.717) is 6.04 Å². The van der Waals surface area contributed by atoms with Gasteiger partial charge in [-0.1, -0.05) is 13.0 Å². The van der Waals surface area contributed by atoms with Crippen molar-refractivity contribution in [2.75, 3.05) is 23.0 Å². The number of nitrogens with zero attached hydrogens (tertiary/aromatic N) is 4. The van der Waals surface area contributed by atoms with Crippen LogP contribution in [0, 0.1) is 0 Å². The Morgan fingerprint density at radius 3 is 2.75 bits per heavy atom. The Morgan fingerprint density at radius 2 is 2.08 bits per heavy atom. The third-order valence-corrected chi connectivity index (χ3v) is 4.21. The summed E-state index contributed by atoms with van der Waals surface area (Å²) >= 11 is 0. The van der Waals surface area contributed by atoms with Crippen LogP contribution in [0.3, 0.4) is 0 Å². The second kappa shape index (κ2) is 6.39. The molecule has 2 heterocycles. The lowest BCUT2D eigenvalue weighted by Crippen LogP contribution is -2.27. The quantitative estimate of drug-likeness (QED) is 0.703. The smallest absolute Gasteiger partial charge is 0.162 e. The predicted octanol–water partition coefficient (Wildman–Crippen LogP) is 3.46. The van der Waals surface area contributed by atoms with Crippen LogP contribution >= 0.6 is 0 Å². The molecule has 3 rings (SSSR count). The molecule has 24 heavy (non-hydrogen) atoms. The van der Waals surface area contributed by atoms with Crippen LogP contribution in [0.1, 0.15) is 26.3 Å². The summed E-state index contributed by atoms with van der Waals surface area (Å²) in [7, 11) is 2.05. The molecule has 0 aliphatic carbocycles. The van der Waals surface area contributed by atoms with Gasteiger partial charge < -0.3 is 16.0 Å². The lowest BCUT2D eigenvalue weighted by atomic mass is 10.2. The van der Waals surface area contributed by atoms with Crippen LogP contribution in [-0.4, -0.2) is 27.7 Å². The standard InChI is InChI=1S/C18H24N6/c1-5-13-11-20-24-17(21-15-8-6-7-14(19)9-15)10-16(22-18(13)24)23(4)12(2)3/h6-12,21H,5,19H2,1-4H3. The molecule has 3 N–H and O–H groups in total. The van der Waals surface area contributed by atoms with Gasteiger partial charge in [0.15, 0.2) is 5.65 Å². The van der Waals surface area contributed by atoms with E-state index in [1.165, 1.54) is 0 Å². The fourth-order valence-electron chi connectivity index (χ4n) is 2.54. The second-order valence-corrected chi connectivity index (χ2v) is 6.21. The first-order valence-electron chi connectivity index (χ1n) is 8.22. The van der Waals surface area contributed by atoms with Crippen LogP contribution in [0.25, 0.3) is 5.65 Å². The van der Waals surface area contributed by atoms with Gasteiger partial charge in [0.2, 0.25) is 0 Å². The highest BCUT2D eigenvalue weighted by molar-refractivity contribution is 5.67.